The predicted molar refractivity (Wildman–Crippen MR) is 134 cm³/mol. The third-order valence-corrected chi connectivity index (χ3v) is 6.40. The number of piperidine rings is 1. The third kappa shape index (κ3) is 5.79. The summed E-state index contributed by atoms with van der Waals surface area (Å²) in [7, 11) is 0. The number of para-hydroxylation sites is 1. The van der Waals surface area contributed by atoms with E-state index in [4.69, 9.17) is 0 Å². The number of fused-ring (bicyclic) bond motifs is 1. The van der Waals surface area contributed by atoms with E-state index in [2.05, 4.69) is 64.9 Å². The van der Waals surface area contributed by atoms with Gasteiger partial charge >= 0.3 is 0 Å². The van der Waals surface area contributed by atoms with Gasteiger partial charge in [0.1, 0.15) is 0 Å². The summed E-state index contributed by atoms with van der Waals surface area (Å²) in [6, 6.07) is 22.1. The van der Waals surface area contributed by atoms with Crippen LogP contribution in [0.3, 0.4) is 0 Å². The Morgan fingerprint density at radius 2 is 1.79 bits per heavy atom. The molecule has 172 valence electrons. The number of carbonyl (C=O) groups is 2. The van der Waals surface area contributed by atoms with Gasteiger partial charge in [-0.1, -0.05) is 67.9 Å². The van der Waals surface area contributed by atoms with Gasteiger partial charge in [0.25, 0.3) is 5.91 Å². The van der Waals surface area contributed by atoms with E-state index in [1.54, 1.807) is 6.07 Å². The Kier molecular flexibility index (Phi) is 7.74. The summed E-state index contributed by atoms with van der Waals surface area (Å²) >= 11 is 0. The van der Waals surface area contributed by atoms with E-state index in [0.29, 0.717) is 17.8 Å². The second-order valence-electron chi connectivity index (χ2n) is 8.86. The molecule has 3 aromatic rings. The Morgan fingerprint density at radius 1 is 1.00 bits per heavy atom. The highest BCUT2D eigenvalue weighted by atomic mass is 16.2. The van der Waals surface area contributed by atoms with Gasteiger partial charge in [-0.3, -0.25) is 14.5 Å². The lowest BCUT2D eigenvalue weighted by molar-refractivity contribution is -0.121. The largest absolute Gasteiger partial charge is 0.352 e. The molecule has 5 nitrogen and oxygen atoms in total. The zero-order chi connectivity index (χ0) is 23.0. The minimum Gasteiger partial charge on any atom is -0.352 e. The van der Waals surface area contributed by atoms with Gasteiger partial charge in [0.2, 0.25) is 5.91 Å². The van der Waals surface area contributed by atoms with Crippen LogP contribution in [0.2, 0.25) is 0 Å². The Balaban J connectivity index is 1.41. The second kappa shape index (κ2) is 11.1. The highest BCUT2D eigenvalue weighted by Gasteiger charge is 2.27. The van der Waals surface area contributed by atoms with Crippen LogP contribution in [-0.4, -0.2) is 36.3 Å². The fourth-order valence-electron chi connectivity index (χ4n) is 4.58. The number of nitrogens with zero attached hydrogens (tertiary/aromatic N) is 1. The highest BCUT2D eigenvalue weighted by Crippen LogP contribution is 2.25. The van der Waals surface area contributed by atoms with Gasteiger partial charge in [0.15, 0.2) is 0 Å². The van der Waals surface area contributed by atoms with Crippen molar-refractivity contribution in [2.45, 2.75) is 39.2 Å². The number of nitrogens with one attached hydrogen (secondary N) is 2. The quantitative estimate of drug-likeness (QED) is 0.469. The summed E-state index contributed by atoms with van der Waals surface area (Å²) in [6.07, 6.45) is 3.81. The maximum atomic E-state index is 13.1. The number of rotatable bonds is 8. The van der Waals surface area contributed by atoms with Crippen molar-refractivity contribution in [2.24, 2.45) is 5.92 Å². The topological polar surface area (TPSA) is 61.4 Å². The molecule has 0 aliphatic carbocycles. The minimum atomic E-state index is -0.138. The van der Waals surface area contributed by atoms with E-state index in [1.165, 1.54) is 16.3 Å². The Hall–Kier alpha value is -3.18. The normalized spacial score (nSPS) is 16.5. The fourth-order valence-corrected chi connectivity index (χ4v) is 4.58. The van der Waals surface area contributed by atoms with Crippen LogP contribution in [0, 0.1) is 5.92 Å². The van der Waals surface area contributed by atoms with Crippen LogP contribution in [0.4, 0.5) is 5.69 Å². The number of carbonyl (C=O) groups excluding carboxylic acids is 2. The number of hydrogen-bond donors (Lipinski definition) is 2. The van der Waals surface area contributed by atoms with Crippen LogP contribution in [0.5, 0.6) is 0 Å². The molecule has 1 fully saturated rings. The Bertz CT molecular complexity index is 1110. The van der Waals surface area contributed by atoms with Gasteiger partial charge in [-0.2, -0.15) is 0 Å². The van der Waals surface area contributed by atoms with Crippen molar-refractivity contribution < 1.29 is 9.59 Å². The third-order valence-electron chi connectivity index (χ3n) is 6.40. The Labute approximate surface area is 196 Å². The number of likely N-dealkylation sites (tertiary alicyclic amines) is 1. The van der Waals surface area contributed by atoms with Gasteiger partial charge in [-0.25, -0.2) is 0 Å². The summed E-state index contributed by atoms with van der Waals surface area (Å²) in [5.74, 6) is -0.239. The van der Waals surface area contributed by atoms with E-state index in [9.17, 15) is 9.59 Å². The Morgan fingerprint density at radius 3 is 2.67 bits per heavy atom. The number of anilines is 1. The molecule has 2 N–H and O–H groups in total. The molecule has 0 saturated carbocycles. The first kappa shape index (κ1) is 23.0. The van der Waals surface area contributed by atoms with Crippen LogP contribution in [-0.2, 0) is 11.3 Å². The first-order chi connectivity index (χ1) is 16.2. The average molecular weight is 444 g/mol. The molecule has 1 aliphatic heterocycles. The van der Waals surface area contributed by atoms with Crippen LogP contribution in [0.1, 0.15) is 48.5 Å². The average Bonchev–Trinajstić information content (AvgIpc) is 2.85. The molecule has 3 aromatic carbocycles. The molecule has 0 bridgehead atoms. The lowest BCUT2D eigenvalue weighted by atomic mass is 9.95. The number of unbranched alkanes of at least 4 members (excludes halogenated alkanes) is 1. The number of amides is 2. The van der Waals surface area contributed by atoms with Crippen molar-refractivity contribution in [3.05, 3.63) is 77.9 Å². The van der Waals surface area contributed by atoms with Crippen molar-refractivity contribution in [3.8, 4) is 0 Å². The lowest BCUT2D eigenvalue weighted by Gasteiger charge is -2.32. The summed E-state index contributed by atoms with van der Waals surface area (Å²) in [4.78, 5) is 28.1. The van der Waals surface area contributed by atoms with Crippen molar-refractivity contribution in [2.75, 3.05) is 25.0 Å². The lowest BCUT2D eigenvalue weighted by Crippen LogP contribution is -2.40. The molecule has 33 heavy (non-hydrogen) atoms. The molecule has 1 atom stereocenters. The first-order valence-electron chi connectivity index (χ1n) is 12.0. The van der Waals surface area contributed by atoms with E-state index >= 15 is 0 Å². The van der Waals surface area contributed by atoms with E-state index < -0.39 is 0 Å². The van der Waals surface area contributed by atoms with Crippen LogP contribution >= 0.6 is 0 Å². The maximum Gasteiger partial charge on any atom is 0.253 e. The van der Waals surface area contributed by atoms with Crippen molar-refractivity contribution in [3.63, 3.8) is 0 Å². The predicted octanol–water partition coefficient (Wildman–Crippen LogP) is 5.22. The number of benzene rings is 3. The smallest absolute Gasteiger partial charge is 0.253 e. The van der Waals surface area contributed by atoms with Gasteiger partial charge in [-0.05, 0) is 54.3 Å². The summed E-state index contributed by atoms with van der Waals surface area (Å²) in [5.41, 5.74) is 2.40. The molecule has 0 aromatic heterocycles. The molecular formula is C28H33N3O2. The molecule has 5 heteroatoms. The van der Waals surface area contributed by atoms with Crippen molar-refractivity contribution >= 4 is 28.3 Å². The van der Waals surface area contributed by atoms with Gasteiger partial charge in [0.05, 0.1) is 17.2 Å². The molecule has 1 aliphatic rings. The standard InChI is InChI=1S/C28H33N3O2/c1-2-3-17-29-28(33)25-15-6-7-16-26(25)30-27(32)23-13-9-18-31(20-23)19-22-12-8-11-21-10-4-5-14-24(21)22/h4-8,10-12,14-16,23H,2-3,9,13,17-20H2,1H3,(H,29,33)(H,30,32). The van der Waals surface area contributed by atoms with Crippen LogP contribution in [0.15, 0.2) is 66.7 Å². The second-order valence-corrected chi connectivity index (χ2v) is 8.86. The minimum absolute atomic E-state index is 0.00794. The molecular weight excluding hydrogens is 410 g/mol. The van der Waals surface area contributed by atoms with Gasteiger partial charge in [-0.15, -0.1) is 0 Å². The van der Waals surface area contributed by atoms with Crippen molar-refractivity contribution in [1.82, 2.24) is 10.2 Å². The highest BCUT2D eigenvalue weighted by molar-refractivity contribution is 6.04. The fraction of sp³-hybridized carbons (Fsp3) is 0.357. The molecule has 0 spiro atoms. The van der Waals surface area contributed by atoms with Gasteiger partial charge in [0, 0.05) is 19.6 Å². The summed E-state index contributed by atoms with van der Waals surface area (Å²) < 4.78 is 0. The monoisotopic (exact) mass is 443 g/mol. The maximum absolute atomic E-state index is 13.1. The van der Waals surface area contributed by atoms with Crippen molar-refractivity contribution in [1.29, 1.82) is 0 Å². The van der Waals surface area contributed by atoms with E-state index in [1.807, 2.05) is 18.2 Å². The van der Waals surface area contributed by atoms with E-state index in [-0.39, 0.29) is 17.7 Å². The zero-order valence-electron chi connectivity index (χ0n) is 19.3. The first-order valence-corrected chi connectivity index (χ1v) is 12.0. The SMILES string of the molecule is CCCCNC(=O)c1ccccc1NC(=O)C1CCCN(Cc2cccc3ccccc23)C1. The van der Waals surface area contributed by atoms with E-state index in [0.717, 1.165) is 45.3 Å². The molecule has 1 heterocycles. The molecule has 0 radical (unpaired) electrons. The molecule has 1 saturated heterocycles. The van der Waals surface area contributed by atoms with Crippen LogP contribution < -0.4 is 10.6 Å². The summed E-state index contributed by atoms with van der Waals surface area (Å²) in [5, 5.41) is 8.50. The summed E-state index contributed by atoms with van der Waals surface area (Å²) in [6.45, 7) is 5.28. The molecule has 2 amide bonds. The zero-order valence-corrected chi connectivity index (χ0v) is 19.3. The van der Waals surface area contributed by atoms with Gasteiger partial charge < -0.3 is 10.6 Å². The molecule has 1 unspecified atom stereocenters. The molecule has 4 rings (SSSR count). The van der Waals surface area contributed by atoms with Crippen LogP contribution in [0.25, 0.3) is 10.8 Å². The number of hydrogen-bond acceptors (Lipinski definition) is 3.